The molecule has 0 rings (SSSR count). The molecule has 0 saturated heterocycles. The van der Waals surface area contributed by atoms with Crippen LogP contribution in [-0.4, -0.2) is 30.8 Å². The molecule has 0 bridgehead atoms. The second kappa shape index (κ2) is 7.19. The number of isocyanates is 1. The number of carbonyl (C=O) groups excluding carboxylic acids is 2. The van der Waals surface area contributed by atoms with E-state index in [0.717, 1.165) is 6.08 Å². The van der Waals surface area contributed by atoms with E-state index in [0.29, 0.717) is 5.76 Å². The number of ether oxygens (including phenoxy) is 2. The molecule has 0 amide bonds. The fourth-order valence-corrected chi connectivity index (χ4v) is 0.809. The number of esters is 1. The summed E-state index contributed by atoms with van der Waals surface area (Å²) < 4.78 is 9.98. The van der Waals surface area contributed by atoms with Crippen LogP contribution in [-0.2, 0) is 19.1 Å². The van der Waals surface area contributed by atoms with Gasteiger partial charge in [-0.1, -0.05) is 19.7 Å². The van der Waals surface area contributed by atoms with E-state index in [2.05, 4.69) is 24.7 Å². The lowest BCUT2D eigenvalue weighted by atomic mass is 10.1. The SMILES string of the molecule is C=CC(=C)OCC(C)(COC(=O)C=C)N=C=O. The highest BCUT2D eigenvalue weighted by Gasteiger charge is 2.26. The van der Waals surface area contributed by atoms with Crippen molar-refractivity contribution in [3.05, 3.63) is 37.6 Å². The summed E-state index contributed by atoms with van der Waals surface area (Å²) in [6, 6.07) is 0. The van der Waals surface area contributed by atoms with Crippen LogP contribution in [0.5, 0.6) is 0 Å². The first kappa shape index (κ1) is 14.9. The Morgan fingerprint density at radius 1 is 1.35 bits per heavy atom. The molecule has 0 aromatic carbocycles. The number of rotatable bonds is 8. The first-order valence-corrected chi connectivity index (χ1v) is 4.80. The van der Waals surface area contributed by atoms with Gasteiger partial charge in [0.25, 0.3) is 0 Å². The maximum atomic E-state index is 10.9. The predicted octanol–water partition coefficient (Wildman–Crippen LogP) is 1.53. The van der Waals surface area contributed by atoms with Crippen LogP contribution in [0, 0.1) is 0 Å². The van der Waals surface area contributed by atoms with Gasteiger partial charge in [-0.25, -0.2) is 9.59 Å². The smallest absolute Gasteiger partial charge is 0.330 e. The molecule has 0 heterocycles. The topological polar surface area (TPSA) is 65.0 Å². The van der Waals surface area contributed by atoms with E-state index >= 15 is 0 Å². The molecule has 0 spiro atoms. The summed E-state index contributed by atoms with van der Waals surface area (Å²) in [6.07, 6.45) is 3.85. The molecule has 0 aliphatic rings. The molecule has 0 fully saturated rings. The van der Waals surface area contributed by atoms with Gasteiger partial charge >= 0.3 is 5.97 Å². The maximum Gasteiger partial charge on any atom is 0.330 e. The van der Waals surface area contributed by atoms with Crippen molar-refractivity contribution in [3.8, 4) is 0 Å². The Kier molecular flexibility index (Phi) is 6.29. The van der Waals surface area contributed by atoms with Crippen LogP contribution in [0.4, 0.5) is 0 Å². The molecule has 1 atom stereocenters. The van der Waals surface area contributed by atoms with Crippen molar-refractivity contribution < 1.29 is 19.1 Å². The molecule has 17 heavy (non-hydrogen) atoms. The molecule has 0 saturated carbocycles. The van der Waals surface area contributed by atoms with Crippen molar-refractivity contribution in [1.82, 2.24) is 0 Å². The van der Waals surface area contributed by atoms with E-state index in [1.54, 1.807) is 6.92 Å². The van der Waals surface area contributed by atoms with Crippen molar-refractivity contribution in [2.24, 2.45) is 4.99 Å². The minimum Gasteiger partial charge on any atom is -0.492 e. The van der Waals surface area contributed by atoms with Gasteiger partial charge in [0.05, 0.1) is 0 Å². The third kappa shape index (κ3) is 6.12. The Morgan fingerprint density at radius 3 is 2.41 bits per heavy atom. The van der Waals surface area contributed by atoms with Crippen molar-refractivity contribution in [2.75, 3.05) is 13.2 Å². The van der Waals surface area contributed by atoms with Crippen LogP contribution in [0.1, 0.15) is 6.92 Å². The van der Waals surface area contributed by atoms with E-state index in [4.69, 9.17) is 9.47 Å². The highest BCUT2D eigenvalue weighted by atomic mass is 16.5. The zero-order valence-electron chi connectivity index (χ0n) is 9.77. The Balaban J connectivity index is 4.49. The summed E-state index contributed by atoms with van der Waals surface area (Å²) in [6.45, 7) is 11.8. The van der Waals surface area contributed by atoms with Crippen molar-refractivity contribution in [2.45, 2.75) is 12.5 Å². The Hall–Kier alpha value is -2.13. The largest absolute Gasteiger partial charge is 0.492 e. The highest BCUT2D eigenvalue weighted by Crippen LogP contribution is 2.13. The van der Waals surface area contributed by atoms with E-state index in [1.807, 2.05) is 0 Å². The zero-order chi connectivity index (χ0) is 13.3. The van der Waals surface area contributed by atoms with Gasteiger partial charge in [0.2, 0.25) is 6.08 Å². The number of carbonyl (C=O) groups is 1. The molecular formula is C12H15NO4. The molecule has 0 aliphatic heterocycles. The average molecular weight is 237 g/mol. The average Bonchev–Trinajstić information content (AvgIpc) is 2.33. The number of hydrogen-bond acceptors (Lipinski definition) is 5. The lowest BCUT2D eigenvalue weighted by Gasteiger charge is -2.22. The van der Waals surface area contributed by atoms with Crippen molar-refractivity contribution in [3.63, 3.8) is 0 Å². The number of allylic oxidation sites excluding steroid dienone is 1. The molecule has 1 unspecified atom stereocenters. The molecule has 0 aliphatic carbocycles. The summed E-state index contributed by atoms with van der Waals surface area (Å²) in [7, 11) is 0. The van der Waals surface area contributed by atoms with Crippen LogP contribution in [0.3, 0.4) is 0 Å². The minimum atomic E-state index is -1.01. The molecule has 0 N–H and O–H groups in total. The van der Waals surface area contributed by atoms with E-state index in [9.17, 15) is 9.59 Å². The Bertz CT molecular complexity index is 343. The van der Waals surface area contributed by atoms with Crippen LogP contribution >= 0.6 is 0 Å². The molecular weight excluding hydrogens is 222 g/mol. The number of nitrogens with zero attached hydrogens (tertiary/aromatic N) is 1. The van der Waals surface area contributed by atoms with Gasteiger partial charge in [-0.3, -0.25) is 0 Å². The van der Waals surface area contributed by atoms with Crippen LogP contribution < -0.4 is 0 Å². The summed E-state index contributed by atoms with van der Waals surface area (Å²) in [5.41, 5.74) is -1.01. The molecule has 5 heteroatoms. The molecule has 5 nitrogen and oxygen atoms in total. The normalized spacial score (nSPS) is 12.5. The lowest BCUT2D eigenvalue weighted by Crippen LogP contribution is -2.35. The van der Waals surface area contributed by atoms with Gasteiger partial charge in [-0.15, -0.1) is 0 Å². The summed E-state index contributed by atoms with van der Waals surface area (Å²) in [4.78, 5) is 24.8. The van der Waals surface area contributed by atoms with Gasteiger partial charge < -0.3 is 9.47 Å². The van der Waals surface area contributed by atoms with Crippen LogP contribution in [0.2, 0.25) is 0 Å². The third-order valence-corrected chi connectivity index (χ3v) is 1.80. The summed E-state index contributed by atoms with van der Waals surface area (Å²) in [5, 5.41) is 0. The Labute approximate surface area is 100 Å². The molecule has 92 valence electrons. The van der Waals surface area contributed by atoms with E-state index < -0.39 is 11.5 Å². The van der Waals surface area contributed by atoms with Crippen molar-refractivity contribution in [1.29, 1.82) is 0 Å². The zero-order valence-corrected chi connectivity index (χ0v) is 9.77. The number of hydrogen-bond donors (Lipinski definition) is 0. The van der Waals surface area contributed by atoms with Gasteiger partial charge in [0.15, 0.2) is 0 Å². The summed E-state index contributed by atoms with van der Waals surface area (Å²) in [5.74, 6) is -0.257. The van der Waals surface area contributed by atoms with Gasteiger partial charge in [0.1, 0.15) is 24.5 Å². The standard InChI is InChI=1S/C12H15NO4/c1-5-10(3)16-7-12(4,13-9-14)8-17-11(15)6-2/h5-6H,1-3,7-8H2,4H3. The van der Waals surface area contributed by atoms with Crippen molar-refractivity contribution >= 4 is 12.0 Å². The quantitative estimate of drug-likeness (QED) is 0.160. The summed E-state index contributed by atoms with van der Waals surface area (Å²) >= 11 is 0. The fourth-order valence-electron chi connectivity index (χ4n) is 0.809. The van der Waals surface area contributed by atoms with E-state index in [-0.39, 0.29) is 13.2 Å². The lowest BCUT2D eigenvalue weighted by molar-refractivity contribution is -0.139. The van der Waals surface area contributed by atoms with Crippen LogP contribution in [0.25, 0.3) is 0 Å². The molecule has 0 radical (unpaired) electrons. The third-order valence-electron chi connectivity index (χ3n) is 1.80. The number of aliphatic imine (C=N–C) groups is 1. The maximum absolute atomic E-state index is 10.9. The van der Waals surface area contributed by atoms with Crippen LogP contribution in [0.15, 0.2) is 42.6 Å². The van der Waals surface area contributed by atoms with Gasteiger partial charge in [-0.2, -0.15) is 4.99 Å². The van der Waals surface area contributed by atoms with Gasteiger partial charge in [-0.05, 0) is 13.0 Å². The first-order valence-electron chi connectivity index (χ1n) is 4.80. The second-order valence-electron chi connectivity index (χ2n) is 3.47. The second-order valence-corrected chi connectivity index (χ2v) is 3.47. The molecule has 0 aromatic heterocycles. The highest BCUT2D eigenvalue weighted by molar-refractivity contribution is 5.81. The predicted molar refractivity (Wildman–Crippen MR) is 63.0 cm³/mol. The monoisotopic (exact) mass is 237 g/mol. The van der Waals surface area contributed by atoms with E-state index in [1.165, 1.54) is 12.2 Å². The molecule has 0 aromatic rings. The first-order chi connectivity index (χ1) is 7.97. The minimum absolute atomic E-state index is 0.0253. The Morgan fingerprint density at radius 2 is 1.94 bits per heavy atom. The fraction of sp³-hybridized carbons (Fsp3) is 0.333. The van der Waals surface area contributed by atoms with Gasteiger partial charge in [0, 0.05) is 6.08 Å².